The van der Waals surface area contributed by atoms with Crippen LogP contribution < -0.4 is 0 Å². The van der Waals surface area contributed by atoms with Crippen LogP contribution in [0.4, 0.5) is 0 Å². The second kappa shape index (κ2) is 20.1. The summed E-state index contributed by atoms with van der Waals surface area (Å²) in [5.74, 6) is 1.11. The molecule has 70 heavy (non-hydrogen) atoms. The number of phenols is 4. The highest BCUT2D eigenvalue weighted by Gasteiger charge is 2.41. The van der Waals surface area contributed by atoms with Crippen LogP contribution in [0.1, 0.15) is 119 Å². The predicted molar refractivity (Wildman–Crippen MR) is 293 cm³/mol. The van der Waals surface area contributed by atoms with E-state index in [1.54, 1.807) is 12.1 Å². The summed E-state index contributed by atoms with van der Waals surface area (Å²) in [6, 6.07) is 49.8. The molecular weight excluding hydrogens is 857 g/mol. The topological polar surface area (TPSA) is 80.9 Å². The van der Waals surface area contributed by atoms with Crippen molar-refractivity contribution in [2.24, 2.45) is 0 Å². The highest BCUT2D eigenvalue weighted by Crippen LogP contribution is 2.53. The molecule has 4 heteroatoms. The molecule has 0 radical (unpaired) electrons. The summed E-state index contributed by atoms with van der Waals surface area (Å²) < 4.78 is 0. The summed E-state index contributed by atoms with van der Waals surface area (Å²) >= 11 is 0. The predicted octanol–water partition coefficient (Wildman–Crippen LogP) is 17.3. The van der Waals surface area contributed by atoms with Gasteiger partial charge in [0.15, 0.2) is 0 Å². The van der Waals surface area contributed by atoms with Crippen LogP contribution in [-0.2, 0) is 10.8 Å². The molecule has 0 atom stereocenters. The number of hydrogen-bond donors (Lipinski definition) is 4. The molecule has 1 aliphatic carbocycles. The van der Waals surface area contributed by atoms with E-state index in [2.05, 4.69) is 166 Å². The van der Waals surface area contributed by atoms with E-state index in [4.69, 9.17) is 0 Å². The van der Waals surface area contributed by atoms with Gasteiger partial charge in [-0.2, -0.15) is 0 Å². The van der Waals surface area contributed by atoms with Gasteiger partial charge in [-0.25, -0.2) is 0 Å². The number of hydrogen-bond acceptors (Lipinski definition) is 4. The fourth-order valence-electron chi connectivity index (χ4n) is 12.1. The zero-order valence-electron chi connectivity index (χ0n) is 42.9. The maximum atomic E-state index is 10.5. The van der Waals surface area contributed by atoms with Crippen LogP contribution in [0.2, 0.25) is 0 Å². The highest BCUT2D eigenvalue weighted by atomic mass is 16.3. The van der Waals surface area contributed by atoms with E-state index in [1.807, 2.05) is 36.4 Å². The molecule has 0 spiro atoms. The van der Waals surface area contributed by atoms with Crippen molar-refractivity contribution in [2.75, 3.05) is 0 Å². The van der Waals surface area contributed by atoms with Gasteiger partial charge in [0.1, 0.15) is 23.0 Å². The molecule has 4 N–H and O–H groups in total. The zero-order chi connectivity index (χ0) is 50.1. The normalized spacial score (nSPS) is 13.2. The van der Waals surface area contributed by atoms with Crippen LogP contribution in [0.3, 0.4) is 0 Å². The third-order valence-corrected chi connectivity index (χ3v) is 14.9. The summed E-state index contributed by atoms with van der Waals surface area (Å²) in [6.07, 6.45) is 6.15. The average molecular weight is 927 g/mol. The fourth-order valence-corrected chi connectivity index (χ4v) is 12.1. The fraction of sp³-hybridized carbons (Fsp3) is 0.273. The van der Waals surface area contributed by atoms with Crippen molar-refractivity contribution in [2.45, 2.75) is 119 Å². The Balaban J connectivity index is 0.000000188. The van der Waals surface area contributed by atoms with Crippen molar-refractivity contribution in [1.29, 1.82) is 0 Å². The first-order valence-electron chi connectivity index (χ1n) is 25.1. The van der Waals surface area contributed by atoms with Crippen molar-refractivity contribution >= 4 is 0 Å². The molecular formula is C66H70O4. The van der Waals surface area contributed by atoms with Crippen molar-refractivity contribution < 1.29 is 20.4 Å². The molecule has 8 aromatic carbocycles. The Kier molecular flexibility index (Phi) is 14.2. The molecule has 0 bridgehead atoms. The quantitative estimate of drug-likeness (QED) is 0.110. The van der Waals surface area contributed by atoms with Gasteiger partial charge in [-0.3, -0.25) is 0 Å². The van der Waals surface area contributed by atoms with Crippen LogP contribution in [0.15, 0.2) is 146 Å². The molecule has 1 saturated carbocycles. The van der Waals surface area contributed by atoms with E-state index >= 15 is 0 Å². The molecule has 0 saturated heterocycles. The number of aromatic hydroxyl groups is 4. The van der Waals surface area contributed by atoms with Crippen molar-refractivity contribution in [3.8, 4) is 67.5 Å². The molecule has 8 aromatic rings. The van der Waals surface area contributed by atoms with Gasteiger partial charge in [-0.05, 0) is 196 Å². The van der Waals surface area contributed by atoms with Crippen LogP contribution in [0, 0.1) is 55.4 Å². The van der Waals surface area contributed by atoms with E-state index in [1.165, 1.54) is 66.8 Å². The Morgan fingerprint density at radius 3 is 0.886 bits per heavy atom. The molecule has 0 heterocycles. The van der Waals surface area contributed by atoms with E-state index in [-0.39, 0.29) is 33.8 Å². The monoisotopic (exact) mass is 927 g/mol. The lowest BCUT2D eigenvalue weighted by atomic mass is 9.66. The first kappa shape index (κ1) is 49.4. The van der Waals surface area contributed by atoms with Gasteiger partial charge in [0.2, 0.25) is 0 Å². The smallest absolute Gasteiger partial charge is 0.116 e. The lowest BCUT2D eigenvalue weighted by Crippen LogP contribution is -2.28. The maximum Gasteiger partial charge on any atom is 0.116 e. The number of rotatable bonds is 10. The molecule has 358 valence electrons. The maximum absolute atomic E-state index is 10.5. The summed E-state index contributed by atoms with van der Waals surface area (Å²) in [5.41, 5.74) is 22.9. The molecule has 0 unspecified atom stereocenters. The van der Waals surface area contributed by atoms with Crippen LogP contribution >= 0.6 is 0 Å². The first-order valence-corrected chi connectivity index (χ1v) is 25.1. The second-order valence-electron chi connectivity index (χ2n) is 20.5. The minimum Gasteiger partial charge on any atom is -0.508 e. The standard InChI is InChI=1S/C33H34O2.C33H36O2/c1-21-13-22(2)16-25(15-21)29-19-27(34)7-9-31(29)33(11-5-6-12-33)32-10-8-28(35)20-30(32)26-17-23(3)14-24(4)18-26;1-7-33(8-2,31-11-9-27(34)19-29(31)25-15-21(3)13-22(4)16-25)32-12-10-28(35)20-30(32)26-17-23(5)14-24(6)18-26/h7-10,13-20,34-35H,5-6,11-12H2,1-4H3;9-20,34-35H,7-8H2,1-6H3. The van der Waals surface area contributed by atoms with Crippen molar-refractivity contribution in [3.05, 3.63) is 212 Å². The van der Waals surface area contributed by atoms with Gasteiger partial charge in [0.25, 0.3) is 0 Å². The molecule has 4 nitrogen and oxygen atoms in total. The van der Waals surface area contributed by atoms with Gasteiger partial charge in [0.05, 0.1) is 0 Å². The van der Waals surface area contributed by atoms with E-state index < -0.39 is 0 Å². The Morgan fingerprint density at radius 1 is 0.343 bits per heavy atom. The molecule has 1 fully saturated rings. The largest absolute Gasteiger partial charge is 0.508 e. The summed E-state index contributed by atoms with van der Waals surface area (Å²) in [4.78, 5) is 0. The Bertz CT molecular complexity index is 2730. The molecule has 1 aliphatic rings. The van der Waals surface area contributed by atoms with Gasteiger partial charge in [-0.1, -0.05) is 168 Å². The lowest BCUT2D eigenvalue weighted by Gasteiger charge is -2.37. The average Bonchev–Trinajstić information content (AvgIpc) is 3.80. The van der Waals surface area contributed by atoms with E-state index in [0.717, 1.165) is 83.0 Å². The second-order valence-corrected chi connectivity index (χ2v) is 20.5. The third-order valence-electron chi connectivity index (χ3n) is 14.9. The molecule has 0 aromatic heterocycles. The molecule has 0 amide bonds. The van der Waals surface area contributed by atoms with Crippen molar-refractivity contribution in [1.82, 2.24) is 0 Å². The van der Waals surface area contributed by atoms with Crippen LogP contribution in [-0.4, -0.2) is 20.4 Å². The van der Waals surface area contributed by atoms with Crippen molar-refractivity contribution in [3.63, 3.8) is 0 Å². The van der Waals surface area contributed by atoms with Gasteiger partial charge in [-0.15, -0.1) is 0 Å². The molecule has 0 aliphatic heterocycles. The Labute approximate surface area is 417 Å². The first-order chi connectivity index (χ1) is 33.4. The van der Waals surface area contributed by atoms with Gasteiger partial charge < -0.3 is 20.4 Å². The zero-order valence-corrected chi connectivity index (χ0v) is 42.9. The highest BCUT2D eigenvalue weighted by molar-refractivity contribution is 5.79. The Morgan fingerprint density at radius 2 is 0.600 bits per heavy atom. The van der Waals surface area contributed by atoms with Gasteiger partial charge >= 0.3 is 0 Å². The van der Waals surface area contributed by atoms with Crippen LogP contribution in [0.25, 0.3) is 44.5 Å². The van der Waals surface area contributed by atoms with Crippen LogP contribution in [0.5, 0.6) is 23.0 Å². The number of aryl methyl sites for hydroxylation is 8. The minimum atomic E-state index is -0.304. The van der Waals surface area contributed by atoms with E-state index in [0.29, 0.717) is 0 Å². The Hall–Kier alpha value is -7.04. The molecule has 9 rings (SSSR count). The summed E-state index contributed by atoms with van der Waals surface area (Å²) in [7, 11) is 0. The number of phenolic OH excluding ortho intramolecular Hbond substituents is 4. The van der Waals surface area contributed by atoms with Gasteiger partial charge in [0, 0.05) is 10.8 Å². The van der Waals surface area contributed by atoms with E-state index in [9.17, 15) is 20.4 Å². The third kappa shape index (κ3) is 10.0. The lowest BCUT2D eigenvalue weighted by molar-refractivity contribution is 0.463. The summed E-state index contributed by atoms with van der Waals surface area (Å²) in [6.45, 7) is 21.4. The minimum absolute atomic E-state index is 0.193. The summed E-state index contributed by atoms with van der Waals surface area (Å²) in [5, 5.41) is 42.1. The SMILES string of the molecule is CCC(CC)(c1ccc(O)cc1-c1cc(C)cc(C)c1)c1ccc(O)cc1-c1cc(C)cc(C)c1.Cc1cc(C)cc(-c2cc(O)ccc2C2(c3ccc(O)cc3-c3cc(C)cc(C)c3)CCCC2)c1. The number of benzene rings is 8.